The van der Waals surface area contributed by atoms with E-state index in [1.165, 1.54) is 0 Å². The SMILES string of the molecule is C=CC(=CC)c1ccccc1-c1nn[nH]n1. The fraction of sp³-hybridized carbons (Fsp3) is 0.0833. The lowest BCUT2D eigenvalue weighted by molar-refractivity contribution is 0.881. The van der Waals surface area contributed by atoms with Crippen molar-refractivity contribution in [2.45, 2.75) is 6.92 Å². The Balaban J connectivity index is 2.59. The van der Waals surface area contributed by atoms with E-state index in [0.29, 0.717) is 5.82 Å². The maximum absolute atomic E-state index is 3.99. The fourth-order valence-electron chi connectivity index (χ4n) is 1.59. The van der Waals surface area contributed by atoms with Crippen molar-refractivity contribution < 1.29 is 0 Å². The highest BCUT2D eigenvalue weighted by Gasteiger charge is 2.09. The molecule has 0 bridgehead atoms. The molecule has 4 heteroatoms. The quantitative estimate of drug-likeness (QED) is 0.795. The first kappa shape index (κ1) is 10.3. The highest BCUT2D eigenvalue weighted by molar-refractivity contribution is 5.82. The van der Waals surface area contributed by atoms with Gasteiger partial charge in [0.25, 0.3) is 0 Å². The molecule has 1 heterocycles. The summed E-state index contributed by atoms with van der Waals surface area (Å²) < 4.78 is 0. The molecule has 0 aliphatic rings. The molecule has 0 amide bonds. The molecule has 1 N–H and O–H groups in total. The molecule has 0 fully saturated rings. The first-order valence-electron chi connectivity index (χ1n) is 4.98. The van der Waals surface area contributed by atoms with E-state index < -0.39 is 0 Å². The van der Waals surface area contributed by atoms with Crippen LogP contribution in [0, 0.1) is 0 Å². The highest BCUT2D eigenvalue weighted by atomic mass is 15.5. The number of benzene rings is 1. The average Bonchev–Trinajstić information content (AvgIpc) is 2.85. The van der Waals surface area contributed by atoms with Gasteiger partial charge in [0, 0.05) is 5.56 Å². The second-order valence-electron chi connectivity index (χ2n) is 3.23. The van der Waals surface area contributed by atoms with Crippen LogP contribution < -0.4 is 0 Å². The minimum absolute atomic E-state index is 0.594. The molecular weight excluding hydrogens is 200 g/mol. The lowest BCUT2D eigenvalue weighted by Crippen LogP contribution is -1.89. The Morgan fingerprint density at radius 3 is 2.81 bits per heavy atom. The third-order valence-electron chi connectivity index (χ3n) is 2.36. The largest absolute Gasteiger partial charge is 0.205 e. The first-order chi connectivity index (χ1) is 7.86. The number of H-pyrrole nitrogens is 1. The van der Waals surface area contributed by atoms with Crippen LogP contribution in [0.5, 0.6) is 0 Å². The molecule has 0 spiro atoms. The number of aromatic nitrogens is 4. The summed E-state index contributed by atoms with van der Waals surface area (Å²) in [5.41, 5.74) is 3.06. The number of aromatic amines is 1. The van der Waals surface area contributed by atoms with Crippen LogP contribution in [0.25, 0.3) is 17.0 Å². The molecule has 0 saturated carbocycles. The molecule has 2 rings (SSSR count). The summed E-state index contributed by atoms with van der Waals surface area (Å²) in [5.74, 6) is 0.594. The number of tetrazole rings is 1. The van der Waals surface area contributed by atoms with Crippen LogP contribution in [0.3, 0.4) is 0 Å². The minimum Gasteiger partial charge on any atom is -0.177 e. The van der Waals surface area contributed by atoms with Crippen molar-refractivity contribution in [3.05, 3.63) is 48.6 Å². The van der Waals surface area contributed by atoms with Gasteiger partial charge < -0.3 is 0 Å². The van der Waals surface area contributed by atoms with E-state index in [4.69, 9.17) is 0 Å². The molecule has 16 heavy (non-hydrogen) atoms. The van der Waals surface area contributed by atoms with Gasteiger partial charge in [0.2, 0.25) is 5.82 Å². The monoisotopic (exact) mass is 212 g/mol. The maximum atomic E-state index is 3.99. The Morgan fingerprint density at radius 2 is 2.19 bits per heavy atom. The molecule has 80 valence electrons. The zero-order chi connectivity index (χ0) is 11.4. The van der Waals surface area contributed by atoms with Crippen molar-refractivity contribution >= 4 is 5.57 Å². The van der Waals surface area contributed by atoms with Crippen LogP contribution in [-0.4, -0.2) is 20.6 Å². The number of allylic oxidation sites excluding steroid dienone is 3. The van der Waals surface area contributed by atoms with Gasteiger partial charge in [-0.25, -0.2) is 0 Å². The third-order valence-corrected chi connectivity index (χ3v) is 2.36. The standard InChI is InChI=1S/C12H12N4/c1-3-9(4-2)10-7-5-6-8-11(10)12-13-15-16-14-12/h3-8H,1H2,2H3,(H,13,14,15,16). The van der Waals surface area contributed by atoms with Crippen LogP contribution in [0.1, 0.15) is 12.5 Å². The number of nitrogens with zero attached hydrogens (tertiary/aromatic N) is 3. The molecule has 0 atom stereocenters. The van der Waals surface area contributed by atoms with Crippen LogP contribution in [-0.2, 0) is 0 Å². The lowest BCUT2D eigenvalue weighted by atomic mass is 9.99. The van der Waals surface area contributed by atoms with Gasteiger partial charge in [0.1, 0.15) is 0 Å². The molecule has 4 nitrogen and oxygen atoms in total. The average molecular weight is 212 g/mol. The summed E-state index contributed by atoms with van der Waals surface area (Å²) >= 11 is 0. The van der Waals surface area contributed by atoms with E-state index in [-0.39, 0.29) is 0 Å². The summed E-state index contributed by atoms with van der Waals surface area (Å²) in [5, 5.41) is 14.0. The molecule has 1 aromatic carbocycles. The van der Waals surface area contributed by atoms with Gasteiger partial charge in [-0.15, -0.1) is 10.2 Å². The first-order valence-corrected chi connectivity index (χ1v) is 4.98. The van der Waals surface area contributed by atoms with Crippen molar-refractivity contribution in [3.8, 4) is 11.4 Å². The smallest absolute Gasteiger partial charge is 0.177 e. The summed E-state index contributed by atoms with van der Waals surface area (Å²) in [6.45, 7) is 5.77. The molecule has 0 unspecified atom stereocenters. The normalized spacial score (nSPS) is 11.4. The summed E-state index contributed by atoms with van der Waals surface area (Å²) in [7, 11) is 0. The van der Waals surface area contributed by atoms with Gasteiger partial charge in [-0.2, -0.15) is 5.21 Å². The predicted molar refractivity (Wildman–Crippen MR) is 63.5 cm³/mol. The molecule has 0 saturated heterocycles. The molecule has 1 aromatic heterocycles. The molecule has 0 aliphatic heterocycles. The number of nitrogens with one attached hydrogen (secondary N) is 1. The lowest BCUT2D eigenvalue weighted by Gasteiger charge is -2.06. The number of rotatable bonds is 3. The van der Waals surface area contributed by atoms with E-state index in [2.05, 4.69) is 27.2 Å². The topological polar surface area (TPSA) is 54.5 Å². The predicted octanol–water partition coefficient (Wildman–Crippen LogP) is 2.46. The van der Waals surface area contributed by atoms with Crippen LogP contribution in [0.2, 0.25) is 0 Å². The molecule has 0 aliphatic carbocycles. The van der Waals surface area contributed by atoms with E-state index in [1.807, 2.05) is 43.3 Å². The van der Waals surface area contributed by atoms with E-state index in [9.17, 15) is 0 Å². The van der Waals surface area contributed by atoms with Crippen molar-refractivity contribution in [2.75, 3.05) is 0 Å². The highest BCUT2D eigenvalue weighted by Crippen LogP contribution is 2.26. The van der Waals surface area contributed by atoms with Gasteiger partial charge in [-0.3, -0.25) is 0 Å². The fourth-order valence-corrected chi connectivity index (χ4v) is 1.59. The summed E-state index contributed by atoms with van der Waals surface area (Å²) in [4.78, 5) is 0. The van der Waals surface area contributed by atoms with Gasteiger partial charge in [0.05, 0.1) is 0 Å². The van der Waals surface area contributed by atoms with Gasteiger partial charge in [-0.05, 0) is 23.3 Å². The molecular formula is C12H12N4. The van der Waals surface area contributed by atoms with E-state index >= 15 is 0 Å². The third kappa shape index (κ3) is 1.77. The Kier molecular flexibility index (Phi) is 2.91. The van der Waals surface area contributed by atoms with Gasteiger partial charge in [-0.1, -0.05) is 43.0 Å². The maximum Gasteiger partial charge on any atom is 0.205 e. The van der Waals surface area contributed by atoms with Crippen molar-refractivity contribution in [3.63, 3.8) is 0 Å². The van der Waals surface area contributed by atoms with Crippen LogP contribution >= 0.6 is 0 Å². The molecule has 0 radical (unpaired) electrons. The van der Waals surface area contributed by atoms with Crippen LogP contribution in [0.4, 0.5) is 0 Å². The van der Waals surface area contributed by atoms with E-state index in [1.54, 1.807) is 0 Å². The number of hydrogen-bond donors (Lipinski definition) is 1. The number of hydrogen-bond acceptors (Lipinski definition) is 3. The second kappa shape index (κ2) is 4.53. The van der Waals surface area contributed by atoms with Crippen molar-refractivity contribution in [1.82, 2.24) is 20.6 Å². The summed E-state index contributed by atoms with van der Waals surface area (Å²) in [6, 6.07) is 7.91. The van der Waals surface area contributed by atoms with E-state index in [0.717, 1.165) is 16.7 Å². The van der Waals surface area contributed by atoms with Crippen molar-refractivity contribution in [2.24, 2.45) is 0 Å². The van der Waals surface area contributed by atoms with Gasteiger partial charge >= 0.3 is 0 Å². The zero-order valence-corrected chi connectivity index (χ0v) is 9.01. The second-order valence-corrected chi connectivity index (χ2v) is 3.23. The minimum atomic E-state index is 0.594. The van der Waals surface area contributed by atoms with Crippen LogP contribution in [0.15, 0.2) is 43.0 Å². The Bertz CT molecular complexity index is 512. The van der Waals surface area contributed by atoms with Gasteiger partial charge in [0.15, 0.2) is 0 Å². The zero-order valence-electron chi connectivity index (χ0n) is 9.01. The van der Waals surface area contributed by atoms with Crippen molar-refractivity contribution in [1.29, 1.82) is 0 Å². The Labute approximate surface area is 93.7 Å². The summed E-state index contributed by atoms with van der Waals surface area (Å²) in [6.07, 6.45) is 3.82. The Morgan fingerprint density at radius 1 is 1.38 bits per heavy atom. The Hall–Kier alpha value is -2.23. The molecule has 2 aromatic rings.